The molecule has 1 N–H and O–H groups in total. The Labute approximate surface area is 116 Å². The molecule has 1 fully saturated rings. The number of carbonyl (C=O) groups excluding carboxylic acids is 1. The number of amides is 1. The van der Waals surface area contributed by atoms with Gasteiger partial charge in [-0.1, -0.05) is 18.2 Å². The summed E-state index contributed by atoms with van der Waals surface area (Å²) in [6, 6.07) is 9.78. The molecule has 1 saturated heterocycles. The van der Waals surface area contributed by atoms with Gasteiger partial charge < -0.3 is 9.64 Å². The van der Waals surface area contributed by atoms with Crippen molar-refractivity contribution >= 4 is 5.91 Å². The van der Waals surface area contributed by atoms with Crippen molar-refractivity contribution in [1.82, 2.24) is 20.1 Å². The SMILES string of the molecule is O=C(c1ncn[nH]1)N1CCC(Oc2ccccc2)CC1. The number of para-hydroxylation sites is 1. The number of aromatic amines is 1. The van der Waals surface area contributed by atoms with Crippen molar-refractivity contribution in [3.8, 4) is 5.75 Å². The second kappa shape index (κ2) is 5.73. The van der Waals surface area contributed by atoms with Gasteiger partial charge in [-0.15, -0.1) is 0 Å². The molecule has 104 valence electrons. The maximum Gasteiger partial charge on any atom is 0.291 e. The first-order valence-electron chi connectivity index (χ1n) is 6.69. The predicted molar refractivity (Wildman–Crippen MR) is 72.4 cm³/mol. The van der Waals surface area contributed by atoms with Crippen LogP contribution < -0.4 is 4.74 Å². The third kappa shape index (κ3) is 2.79. The summed E-state index contributed by atoms with van der Waals surface area (Å²) in [4.78, 5) is 17.7. The zero-order chi connectivity index (χ0) is 13.8. The van der Waals surface area contributed by atoms with Gasteiger partial charge in [-0.3, -0.25) is 9.89 Å². The van der Waals surface area contributed by atoms with E-state index in [1.165, 1.54) is 6.33 Å². The van der Waals surface area contributed by atoms with Crippen molar-refractivity contribution in [1.29, 1.82) is 0 Å². The van der Waals surface area contributed by atoms with Crippen molar-refractivity contribution in [2.75, 3.05) is 13.1 Å². The number of nitrogens with zero attached hydrogens (tertiary/aromatic N) is 3. The van der Waals surface area contributed by atoms with E-state index < -0.39 is 0 Å². The molecule has 1 aromatic carbocycles. The standard InChI is InChI=1S/C14H16N4O2/c19-14(13-15-10-16-17-13)18-8-6-12(7-9-18)20-11-4-2-1-3-5-11/h1-5,10,12H,6-9H2,(H,15,16,17). The Morgan fingerprint density at radius 3 is 2.65 bits per heavy atom. The topological polar surface area (TPSA) is 71.1 Å². The maximum absolute atomic E-state index is 12.1. The van der Waals surface area contributed by atoms with E-state index in [9.17, 15) is 4.79 Å². The van der Waals surface area contributed by atoms with Gasteiger partial charge in [0.15, 0.2) is 0 Å². The highest BCUT2D eigenvalue weighted by Gasteiger charge is 2.25. The average molecular weight is 272 g/mol. The molecule has 1 aliphatic heterocycles. The Morgan fingerprint density at radius 1 is 1.25 bits per heavy atom. The summed E-state index contributed by atoms with van der Waals surface area (Å²) in [7, 11) is 0. The summed E-state index contributed by atoms with van der Waals surface area (Å²) >= 11 is 0. The summed E-state index contributed by atoms with van der Waals surface area (Å²) in [6.45, 7) is 1.36. The molecule has 20 heavy (non-hydrogen) atoms. The van der Waals surface area contributed by atoms with E-state index in [1.807, 2.05) is 30.3 Å². The number of carbonyl (C=O) groups is 1. The molecule has 6 nitrogen and oxygen atoms in total. The Bertz CT molecular complexity index is 548. The van der Waals surface area contributed by atoms with Crippen LogP contribution in [0.1, 0.15) is 23.5 Å². The molecule has 0 aliphatic carbocycles. The molecule has 1 aliphatic rings. The second-order valence-corrected chi connectivity index (χ2v) is 4.76. The third-order valence-corrected chi connectivity index (χ3v) is 3.39. The minimum Gasteiger partial charge on any atom is -0.490 e. The van der Waals surface area contributed by atoms with Gasteiger partial charge >= 0.3 is 0 Å². The minimum absolute atomic E-state index is 0.0966. The van der Waals surface area contributed by atoms with Gasteiger partial charge in [-0.2, -0.15) is 5.10 Å². The van der Waals surface area contributed by atoms with Crippen LogP contribution in [0, 0.1) is 0 Å². The molecule has 1 amide bonds. The van der Waals surface area contributed by atoms with Crippen LogP contribution in [0.4, 0.5) is 0 Å². The molecule has 0 unspecified atom stereocenters. The van der Waals surface area contributed by atoms with Crippen LogP contribution in [-0.2, 0) is 0 Å². The summed E-state index contributed by atoms with van der Waals surface area (Å²) in [5.41, 5.74) is 0. The van der Waals surface area contributed by atoms with Crippen LogP contribution in [0.5, 0.6) is 5.75 Å². The predicted octanol–water partition coefficient (Wildman–Crippen LogP) is 1.49. The smallest absolute Gasteiger partial charge is 0.291 e. The Kier molecular flexibility index (Phi) is 3.62. The lowest BCUT2D eigenvalue weighted by Gasteiger charge is -2.31. The van der Waals surface area contributed by atoms with E-state index in [2.05, 4.69) is 15.2 Å². The molecule has 0 saturated carbocycles. The van der Waals surface area contributed by atoms with Gasteiger partial charge in [-0.25, -0.2) is 4.98 Å². The van der Waals surface area contributed by atoms with Gasteiger partial charge in [0.1, 0.15) is 18.2 Å². The zero-order valence-corrected chi connectivity index (χ0v) is 11.0. The van der Waals surface area contributed by atoms with Crippen molar-refractivity contribution in [3.63, 3.8) is 0 Å². The summed E-state index contributed by atoms with van der Waals surface area (Å²) in [6.07, 6.45) is 3.17. The Hall–Kier alpha value is -2.37. The van der Waals surface area contributed by atoms with Crippen LogP contribution >= 0.6 is 0 Å². The van der Waals surface area contributed by atoms with E-state index in [4.69, 9.17) is 4.74 Å². The van der Waals surface area contributed by atoms with Crippen molar-refractivity contribution < 1.29 is 9.53 Å². The lowest BCUT2D eigenvalue weighted by Crippen LogP contribution is -2.42. The van der Waals surface area contributed by atoms with Crippen LogP contribution in [0.3, 0.4) is 0 Å². The minimum atomic E-state index is -0.0966. The zero-order valence-electron chi connectivity index (χ0n) is 11.0. The highest BCUT2D eigenvalue weighted by molar-refractivity contribution is 5.90. The molecule has 0 atom stereocenters. The highest BCUT2D eigenvalue weighted by atomic mass is 16.5. The van der Waals surface area contributed by atoms with E-state index in [0.29, 0.717) is 18.9 Å². The normalized spacial score (nSPS) is 16.1. The van der Waals surface area contributed by atoms with E-state index >= 15 is 0 Å². The van der Waals surface area contributed by atoms with Gasteiger partial charge in [0.05, 0.1) is 0 Å². The van der Waals surface area contributed by atoms with Gasteiger partial charge in [0.2, 0.25) is 5.82 Å². The number of nitrogens with one attached hydrogen (secondary N) is 1. The molecule has 0 bridgehead atoms. The Morgan fingerprint density at radius 2 is 2.00 bits per heavy atom. The number of aromatic nitrogens is 3. The van der Waals surface area contributed by atoms with Crippen molar-refractivity contribution in [3.05, 3.63) is 42.5 Å². The fourth-order valence-electron chi connectivity index (χ4n) is 2.33. The first kappa shape index (κ1) is 12.7. The number of benzene rings is 1. The molecule has 1 aromatic heterocycles. The van der Waals surface area contributed by atoms with Gasteiger partial charge in [0.25, 0.3) is 5.91 Å². The second-order valence-electron chi connectivity index (χ2n) is 4.76. The fraction of sp³-hybridized carbons (Fsp3) is 0.357. The molecule has 6 heteroatoms. The molecule has 0 radical (unpaired) electrons. The first-order chi connectivity index (χ1) is 9.83. The molecular weight excluding hydrogens is 256 g/mol. The number of hydrogen-bond donors (Lipinski definition) is 1. The molecule has 3 rings (SSSR count). The average Bonchev–Trinajstić information content (AvgIpc) is 3.03. The summed E-state index contributed by atoms with van der Waals surface area (Å²) in [5, 5.41) is 6.30. The third-order valence-electron chi connectivity index (χ3n) is 3.39. The van der Waals surface area contributed by atoms with Crippen LogP contribution in [0.2, 0.25) is 0 Å². The van der Waals surface area contributed by atoms with Gasteiger partial charge in [-0.05, 0) is 12.1 Å². The van der Waals surface area contributed by atoms with Crippen molar-refractivity contribution in [2.45, 2.75) is 18.9 Å². The van der Waals surface area contributed by atoms with Gasteiger partial charge in [0, 0.05) is 25.9 Å². The summed E-state index contributed by atoms with van der Waals surface area (Å²) in [5.74, 6) is 1.08. The number of rotatable bonds is 3. The van der Waals surface area contributed by atoms with Crippen LogP contribution in [0.25, 0.3) is 0 Å². The number of likely N-dealkylation sites (tertiary alicyclic amines) is 1. The lowest BCUT2D eigenvalue weighted by atomic mass is 10.1. The van der Waals surface area contributed by atoms with E-state index in [-0.39, 0.29) is 12.0 Å². The number of H-pyrrole nitrogens is 1. The summed E-state index contributed by atoms with van der Waals surface area (Å²) < 4.78 is 5.90. The fourth-order valence-corrected chi connectivity index (χ4v) is 2.33. The monoisotopic (exact) mass is 272 g/mol. The Balaban J connectivity index is 1.53. The lowest BCUT2D eigenvalue weighted by molar-refractivity contribution is 0.0585. The maximum atomic E-state index is 12.1. The highest BCUT2D eigenvalue weighted by Crippen LogP contribution is 2.19. The van der Waals surface area contributed by atoms with Crippen molar-refractivity contribution in [2.24, 2.45) is 0 Å². The van der Waals surface area contributed by atoms with E-state index in [0.717, 1.165) is 18.6 Å². The molecule has 0 spiro atoms. The van der Waals surface area contributed by atoms with E-state index in [1.54, 1.807) is 4.90 Å². The molecular formula is C14H16N4O2. The molecule has 2 heterocycles. The molecule has 2 aromatic rings. The quantitative estimate of drug-likeness (QED) is 0.919. The largest absolute Gasteiger partial charge is 0.490 e. The van der Waals surface area contributed by atoms with Crippen LogP contribution in [-0.4, -0.2) is 45.2 Å². The number of hydrogen-bond acceptors (Lipinski definition) is 4. The van der Waals surface area contributed by atoms with Crippen LogP contribution in [0.15, 0.2) is 36.7 Å². The number of ether oxygens (including phenoxy) is 1. The first-order valence-corrected chi connectivity index (χ1v) is 6.69. The number of piperidine rings is 1.